The quantitative estimate of drug-likeness (QED) is 0.776. The number of aromatic nitrogens is 1. The largest absolute Gasteiger partial charge is 0.396 e. The van der Waals surface area contributed by atoms with Crippen LogP contribution in [-0.4, -0.2) is 22.7 Å². The van der Waals surface area contributed by atoms with Gasteiger partial charge in [0.2, 0.25) is 0 Å². The maximum absolute atomic E-state index is 8.96. The fourth-order valence-corrected chi connectivity index (χ4v) is 2.57. The molecule has 15 heavy (non-hydrogen) atoms. The van der Waals surface area contributed by atoms with Crippen LogP contribution in [0.2, 0.25) is 0 Å². The normalized spacial score (nSPS) is 18.0. The number of hydrogen-bond acceptors (Lipinski definition) is 4. The molecule has 1 aliphatic rings. The lowest BCUT2D eigenvalue weighted by molar-refractivity contribution is 0.255. The lowest BCUT2D eigenvalue weighted by atomic mass is 10.1. The molecule has 1 atom stereocenters. The molecule has 1 saturated carbocycles. The van der Waals surface area contributed by atoms with Crippen LogP contribution in [0.1, 0.15) is 30.0 Å². The summed E-state index contributed by atoms with van der Waals surface area (Å²) in [7, 11) is 0. The average molecular weight is 226 g/mol. The van der Waals surface area contributed by atoms with Crippen molar-refractivity contribution in [3.8, 4) is 0 Å². The summed E-state index contributed by atoms with van der Waals surface area (Å²) in [4.78, 5) is 4.42. The molecule has 0 radical (unpaired) electrons. The molecule has 0 saturated heterocycles. The fraction of sp³-hybridized carbons (Fsp3) is 0.727. The Kier molecular flexibility index (Phi) is 3.72. The first kappa shape index (κ1) is 11.0. The van der Waals surface area contributed by atoms with Gasteiger partial charge >= 0.3 is 0 Å². The topological polar surface area (TPSA) is 45.1 Å². The van der Waals surface area contributed by atoms with Crippen LogP contribution in [0.4, 0.5) is 0 Å². The van der Waals surface area contributed by atoms with Gasteiger partial charge in [0.15, 0.2) is 0 Å². The summed E-state index contributed by atoms with van der Waals surface area (Å²) in [6.07, 6.45) is 3.50. The lowest BCUT2D eigenvalue weighted by Gasteiger charge is -2.15. The number of aliphatic hydroxyl groups excluding tert-OH is 1. The third kappa shape index (κ3) is 3.26. The summed E-state index contributed by atoms with van der Waals surface area (Å²) >= 11 is 1.71. The van der Waals surface area contributed by atoms with Crippen LogP contribution in [-0.2, 0) is 6.54 Å². The second kappa shape index (κ2) is 5.05. The Morgan fingerprint density at radius 2 is 2.47 bits per heavy atom. The van der Waals surface area contributed by atoms with E-state index in [1.807, 2.05) is 6.92 Å². The monoisotopic (exact) mass is 226 g/mol. The van der Waals surface area contributed by atoms with E-state index in [2.05, 4.69) is 15.7 Å². The molecule has 4 heteroatoms. The van der Waals surface area contributed by atoms with Crippen molar-refractivity contribution < 1.29 is 5.11 Å². The zero-order chi connectivity index (χ0) is 10.7. The highest BCUT2D eigenvalue weighted by molar-refractivity contribution is 7.09. The zero-order valence-electron chi connectivity index (χ0n) is 9.07. The van der Waals surface area contributed by atoms with Crippen molar-refractivity contribution in [2.24, 2.45) is 5.92 Å². The van der Waals surface area contributed by atoms with Crippen LogP contribution >= 0.6 is 11.3 Å². The van der Waals surface area contributed by atoms with Gasteiger partial charge in [-0.2, -0.15) is 0 Å². The van der Waals surface area contributed by atoms with Gasteiger partial charge in [-0.3, -0.25) is 0 Å². The van der Waals surface area contributed by atoms with E-state index < -0.39 is 0 Å². The molecule has 0 aliphatic heterocycles. The van der Waals surface area contributed by atoms with Gasteiger partial charge < -0.3 is 10.4 Å². The predicted molar refractivity (Wildman–Crippen MR) is 61.9 cm³/mol. The molecular weight excluding hydrogens is 208 g/mol. The van der Waals surface area contributed by atoms with Crippen molar-refractivity contribution in [2.45, 2.75) is 38.8 Å². The van der Waals surface area contributed by atoms with E-state index in [9.17, 15) is 0 Å². The summed E-state index contributed by atoms with van der Waals surface area (Å²) in [6, 6.07) is 0.485. The molecule has 1 aliphatic carbocycles. The average Bonchev–Trinajstić information content (AvgIpc) is 2.97. The standard InChI is InChI=1S/C11H18N2OS/c1-8-7-15-11(13-8)6-12-10(4-5-14)9-2-3-9/h7,9-10,12,14H,2-6H2,1H3. The third-order valence-electron chi connectivity index (χ3n) is 2.81. The molecule has 1 unspecified atom stereocenters. The Balaban J connectivity index is 1.79. The molecule has 0 bridgehead atoms. The van der Waals surface area contributed by atoms with Gasteiger partial charge in [-0.1, -0.05) is 0 Å². The van der Waals surface area contributed by atoms with Crippen LogP contribution in [0.5, 0.6) is 0 Å². The van der Waals surface area contributed by atoms with Crippen LogP contribution in [0.15, 0.2) is 5.38 Å². The number of nitrogens with zero attached hydrogens (tertiary/aromatic N) is 1. The first-order valence-electron chi connectivity index (χ1n) is 5.55. The number of rotatable bonds is 6. The van der Waals surface area contributed by atoms with E-state index in [-0.39, 0.29) is 6.61 Å². The van der Waals surface area contributed by atoms with Gasteiger partial charge in [0.05, 0.1) is 0 Å². The van der Waals surface area contributed by atoms with Gasteiger partial charge in [-0.25, -0.2) is 4.98 Å². The Morgan fingerprint density at radius 3 is 3.00 bits per heavy atom. The number of nitrogens with one attached hydrogen (secondary N) is 1. The van der Waals surface area contributed by atoms with Gasteiger partial charge in [-0.15, -0.1) is 11.3 Å². The van der Waals surface area contributed by atoms with Crippen LogP contribution in [0.25, 0.3) is 0 Å². The van der Waals surface area contributed by atoms with Crippen molar-refractivity contribution in [1.82, 2.24) is 10.3 Å². The van der Waals surface area contributed by atoms with Crippen molar-refractivity contribution in [2.75, 3.05) is 6.61 Å². The molecule has 1 aromatic rings. The predicted octanol–water partition coefficient (Wildman–Crippen LogP) is 1.70. The Bertz CT molecular complexity index is 309. The van der Waals surface area contributed by atoms with Crippen molar-refractivity contribution in [1.29, 1.82) is 0 Å². The van der Waals surface area contributed by atoms with E-state index in [1.165, 1.54) is 12.8 Å². The molecule has 2 rings (SSSR count). The van der Waals surface area contributed by atoms with Crippen molar-refractivity contribution >= 4 is 11.3 Å². The van der Waals surface area contributed by atoms with E-state index in [4.69, 9.17) is 5.11 Å². The highest BCUT2D eigenvalue weighted by Gasteiger charge is 2.30. The molecule has 0 amide bonds. The first-order valence-corrected chi connectivity index (χ1v) is 6.43. The van der Waals surface area contributed by atoms with Crippen molar-refractivity contribution in [3.05, 3.63) is 16.1 Å². The Labute approximate surface area is 94.5 Å². The molecule has 0 aromatic carbocycles. The van der Waals surface area contributed by atoms with Crippen LogP contribution in [0, 0.1) is 12.8 Å². The molecule has 84 valence electrons. The first-order chi connectivity index (χ1) is 7.29. The summed E-state index contributed by atoms with van der Waals surface area (Å²) in [5.74, 6) is 0.790. The van der Waals surface area contributed by atoms with E-state index in [1.54, 1.807) is 11.3 Å². The molecule has 1 fully saturated rings. The zero-order valence-corrected chi connectivity index (χ0v) is 9.89. The van der Waals surface area contributed by atoms with Gasteiger partial charge in [0.25, 0.3) is 0 Å². The minimum Gasteiger partial charge on any atom is -0.396 e. The van der Waals surface area contributed by atoms with Gasteiger partial charge in [-0.05, 0) is 32.1 Å². The van der Waals surface area contributed by atoms with E-state index in [0.717, 1.165) is 29.6 Å². The van der Waals surface area contributed by atoms with E-state index >= 15 is 0 Å². The third-order valence-corrected chi connectivity index (χ3v) is 3.78. The SMILES string of the molecule is Cc1csc(CNC(CCO)C2CC2)n1. The number of aryl methyl sites for hydroxylation is 1. The van der Waals surface area contributed by atoms with E-state index in [0.29, 0.717) is 6.04 Å². The molecule has 1 heterocycles. The van der Waals surface area contributed by atoms with Crippen molar-refractivity contribution in [3.63, 3.8) is 0 Å². The van der Waals surface area contributed by atoms with Gasteiger partial charge in [0.1, 0.15) is 5.01 Å². The number of hydrogen-bond donors (Lipinski definition) is 2. The maximum Gasteiger partial charge on any atom is 0.107 e. The molecule has 1 aromatic heterocycles. The number of thiazole rings is 1. The summed E-state index contributed by atoms with van der Waals surface area (Å²) in [5, 5.41) is 15.7. The van der Waals surface area contributed by atoms with Gasteiger partial charge in [0, 0.05) is 30.3 Å². The second-order valence-electron chi connectivity index (χ2n) is 4.22. The van der Waals surface area contributed by atoms with Crippen LogP contribution < -0.4 is 5.32 Å². The maximum atomic E-state index is 8.96. The Morgan fingerprint density at radius 1 is 1.67 bits per heavy atom. The van der Waals surface area contributed by atoms with Crippen LogP contribution in [0.3, 0.4) is 0 Å². The molecule has 3 nitrogen and oxygen atoms in total. The molecule has 0 spiro atoms. The number of aliphatic hydroxyl groups is 1. The highest BCUT2D eigenvalue weighted by Crippen LogP contribution is 2.34. The minimum absolute atomic E-state index is 0.283. The smallest absolute Gasteiger partial charge is 0.107 e. The summed E-state index contributed by atoms with van der Waals surface area (Å²) < 4.78 is 0. The second-order valence-corrected chi connectivity index (χ2v) is 5.16. The Hall–Kier alpha value is -0.450. The molecular formula is C11H18N2OS. The fourth-order valence-electron chi connectivity index (χ4n) is 1.84. The lowest BCUT2D eigenvalue weighted by Crippen LogP contribution is -2.31. The summed E-state index contributed by atoms with van der Waals surface area (Å²) in [6.45, 7) is 3.15. The minimum atomic E-state index is 0.283. The summed E-state index contributed by atoms with van der Waals surface area (Å²) in [5.41, 5.74) is 1.10. The molecule has 2 N–H and O–H groups in total. The highest BCUT2D eigenvalue weighted by atomic mass is 32.1.